The van der Waals surface area contributed by atoms with Gasteiger partial charge in [0.25, 0.3) is 0 Å². The molecule has 1 saturated heterocycles. The number of rotatable bonds is 4. The zero-order valence-corrected chi connectivity index (χ0v) is 13.1. The normalized spacial score (nSPS) is 20.9. The van der Waals surface area contributed by atoms with E-state index in [1.54, 1.807) is 6.07 Å². The Bertz CT molecular complexity index is 493. The average molecular weight is 342 g/mol. The molecule has 1 aliphatic heterocycles. The Balaban J connectivity index is 2.10. The lowest BCUT2D eigenvalue weighted by Crippen LogP contribution is -2.40. The number of oxime groups is 1. The van der Waals surface area contributed by atoms with Gasteiger partial charge in [-0.3, -0.25) is 0 Å². The smallest absolute Gasteiger partial charge is 0.173 e. The Morgan fingerprint density at radius 1 is 1.55 bits per heavy atom. The average Bonchev–Trinajstić information content (AvgIpc) is 2.46. The molecule has 110 valence electrons. The summed E-state index contributed by atoms with van der Waals surface area (Å²) in [6.45, 7) is 1.72. The van der Waals surface area contributed by atoms with Gasteiger partial charge in [-0.1, -0.05) is 27.5 Å². The first-order valence-corrected chi connectivity index (χ1v) is 7.51. The summed E-state index contributed by atoms with van der Waals surface area (Å²) in [7, 11) is 2.12. The molecule has 0 aliphatic carbocycles. The third-order valence-corrected chi connectivity index (χ3v) is 4.17. The summed E-state index contributed by atoms with van der Waals surface area (Å²) < 4.78 is 6.81. The van der Waals surface area contributed by atoms with Gasteiger partial charge in [0.15, 0.2) is 5.84 Å². The maximum absolute atomic E-state index is 8.83. The molecule has 0 bridgehead atoms. The molecule has 1 heterocycles. The van der Waals surface area contributed by atoms with Crippen molar-refractivity contribution in [2.45, 2.75) is 25.3 Å². The van der Waals surface area contributed by atoms with Crippen molar-refractivity contribution in [2.24, 2.45) is 10.9 Å². The molecule has 5 nitrogen and oxygen atoms in total. The summed E-state index contributed by atoms with van der Waals surface area (Å²) in [5, 5.41) is 11.9. The predicted octanol–water partition coefficient (Wildman–Crippen LogP) is 2.41. The number of nitrogens with zero attached hydrogens (tertiary/aromatic N) is 2. The van der Waals surface area contributed by atoms with Crippen LogP contribution in [0.15, 0.2) is 27.8 Å². The highest BCUT2D eigenvalue weighted by atomic mass is 79.9. The number of ether oxygens (including phenoxy) is 1. The highest BCUT2D eigenvalue weighted by molar-refractivity contribution is 9.10. The van der Waals surface area contributed by atoms with Crippen molar-refractivity contribution in [1.82, 2.24) is 4.90 Å². The lowest BCUT2D eigenvalue weighted by atomic mass is 10.0. The number of nitrogens with two attached hydrogens (primary N) is 1. The van der Waals surface area contributed by atoms with Crippen molar-refractivity contribution >= 4 is 21.8 Å². The van der Waals surface area contributed by atoms with Crippen LogP contribution in [0.4, 0.5) is 0 Å². The van der Waals surface area contributed by atoms with E-state index in [2.05, 4.69) is 33.0 Å². The van der Waals surface area contributed by atoms with Crippen molar-refractivity contribution < 1.29 is 9.94 Å². The van der Waals surface area contributed by atoms with E-state index in [9.17, 15) is 0 Å². The molecule has 1 aromatic rings. The van der Waals surface area contributed by atoms with Gasteiger partial charge in [0.1, 0.15) is 12.4 Å². The van der Waals surface area contributed by atoms with E-state index in [1.165, 1.54) is 12.8 Å². The zero-order chi connectivity index (χ0) is 14.5. The van der Waals surface area contributed by atoms with Crippen LogP contribution >= 0.6 is 15.9 Å². The minimum Gasteiger partial charge on any atom is -0.491 e. The summed E-state index contributed by atoms with van der Waals surface area (Å²) >= 11 is 3.41. The van der Waals surface area contributed by atoms with E-state index in [0.29, 0.717) is 24.0 Å². The number of piperidine rings is 1. The first-order chi connectivity index (χ1) is 9.61. The number of likely N-dealkylation sites (tertiary alicyclic amines) is 1. The Hall–Kier alpha value is -1.27. The number of benzene rings is 1. The molecule has 3 N–H and O–H groups in total. The van der Waals surface area contributed by atoms with Crippen LogP contribution in [0.2, 0.25) is 0 Å². The molecule has 1 aliphatic rings. The standard InChI is InChI=1S/C14H20BrN3O2/c1-18-7-3-2-4-11(18)9-20-13-8-10(15)5-6-12(13)14(16)17-19/h5-6,8,11,19H,2-4,7,9H2,1H3,(H2,16,17). The lowest BCUT2D eigenvalue weighted by Gasteiger charge is -2.32. The summed E-state index contributed by atoms with van der Waals surface area (Å²) in [5.74, 6) is 0.693. The second kappa shape index (κ2) is 6.95. The monoisotopic (exact) mass is 341 g/mol. The molecular formula is C14H20BrN3O2. The van der Waals surface area contributed by atoms with Crippen LogP contribution in [0.25, 0.3) is 0 Å². The van der Waals surface area contributed by atoms with E-state index in [0.717, 1.165) is 17.4 Å². The zero-order valence-electron chi connectivity index (χ0n) is 11.6. The van der Waals surface area contributed by atoms with Gasteiger partial charge in [0.05, 0.1) is 5.56 Å². The van der Waals surface area contributed by atoms with E-state index in [-0.39, 0.29) is 5.84 Å². The van der Waals surface area contributed by atoms with Gasteiger partial charge < -0.3 is 20.6 Å². The maximum atomic E-state index is 8.83. The number of hydrogen-bond donors (Lipinski definition) is 2. The van der Waals surface area contributed by atoms with Gasteiger partial charge in [-0.2, -0.15) is 0 Å². The van der Waals surface area contributed by atoms with Crippen LogP contribution in [-0.4, -0.2) is 42.2 Å². The van der Waals surface area contributed by atoms with Gasteiger partial charge in [-0.25, -0.2) is 0 Å². The Labute approximate surface area is 127 Å². The lowest BCUT2D eigenvalue weighted by molar-refractivity contribution is 0.125. The number of amidine groups is 1. The fraction of sp³-hybridized carbons (Fsp3) is 0.500. The maximum Gasteiger partial charge on any atom is 0.173 e. The molecule has 20 heavy (non-hydrogen) atoms. The number of likely N-dealkylation sites (N-methyl/N-ethyl adjacent to an activating group) is 1. The SMILES string of the molecule is CN1CCCCC1COc1cc(Br)ccc1/C(N)=N/O. The van der Waals surface area contributed by atoms with Crippen LogP contribution in [0, 0.1) is 0 Å². The molecule has 6 heteroatoms. The van der Waals surface area contributed by atoms with Gasteiger partial charge in [0.2, 0.25) is 0 Å². The van der Waals surface area contributed by atoms with Crippen molar-refractivity contribution in [2.75, 3.05) is 20.2 Å². The molecule has 0 radical (unpaired) electrons. The molecule has 0 saturated carbocycles. The van der Waals surface area contributed by atoms with Crippen LogP contribution in [0.1, 0.15) is 24.8 Å². The molecule has 0 aromatic heterocycles. The predicted molar refractivity (Wildman–Crippen MR) is 82.4 cm³/mol. The molecule has 2 rings (SSSR count). The fourth-order valence-electron chi connectivity index (χ4n) is 2.42. The van der Waals surface area contributed by atoms with E-state index >= 15 is 0 Å². The molecule has 1 atom stereocenters. The Kier molecular flexibility index (Phi) is 5.25. The summed E-state index contributed by atoms with van der Waals surface area (Å²) in [6, 6.07) is 5.88. The quantitative estimate of drug-likeness (QED) is 0.382. The third kappa shape index (κ3) is 3.64. The van der Waals surface area contributed by atoms with E-state index < -0.39 is 0 Å². The van der Waals surface area contributed by atoms with Gasteiger partial charge in [-0.15, -0.1) is 0 Å². The molecule has 1 aromatic carbocycles. The van der Waals surface area contributed by atoms with Crippen molar-refractivity contribution in [3.8, 4) is 5.75 Å². The van der Waals surface area contributed by atoms with Crippen molar-refractivity contribution in [1.29, 1.82) is 0 Å². The van der Waals surface area contributed by atoms with E-state index in [4.69, 9.17) is 15.7 Å². The second-order valence-electron chi connectivity index (χ2n) is 5.07. The van der Waals surface area contributed by atoms with Crippen LogP contribution in [-0.2, 0) is 0 Å². The first-order valence-electron chi connectivity index (χ1n) is 6.72. The second-order valence-corrected chi connectivity index (χ2v) is 5.98. The molecule has 1 fully saturated rings. The summed E-state index contributed by atoms with van der Waals surface area (Å²) in [6.07, 6.45) is 3.63. The molecular weight excluding hydrogens is 322 g/mol. The molecule has 1 unspecified atom stereocenters. The van der Waals surface area contributed by atoms with Crippen molar-refractivity contribution in [3.63, 3.8) is 0 Å². The summed E-state index contributed by atoms with van der Waals surface area (Å²) in [4.78, 5) is 2.32. The first kappa shape index (κ1) is 15.1. The van der Waals surface area contributed by atoms with E-state index in [1.807, 2.05) is 12.1 Å². The number of halogens is 1. The minimum absolute atomic E-state index is 0.0597. The fourth-order valence-corrected chi connectivity index (χ4v) is 2.76. The number of hydrogen-bond acceptors (Lipinski definition) is 4. The van der Waals surface area contributed by atoms with Crippen LogP contribution < -0.4 is 10.5 Å². The van der Waals surface area contributed by atoms with Crippen LogP contribution in [0.3, 0.4) is 0 Å². The summed E-state index contributed by atoms with van der Waals surface area (Å²) in [5.41, 5.74) is 6.28. The van der Waals surface area contributed by atoms with Gasteiger partial charge >= 0.3 is 0 Å². The van der Waals surface area contributed by atoms with Gasteiger partial charge in [0, 0.05) is 10.5 Å². The van der Waals surface area contributed by atoms with Crippen molar-refractivity contribution in [3.05, 3.63) is 28.2 Å². The Morgan fingerprint density at radius 2 is 2.35 bits per heavy atom. The Morgan fingerprint density at radius 3 is 3.05 bits per heavy atom. The largest absolute Gasteiger partial charge is 0.491 e. The topological polar surface area (TPSA) is 71.1 Å². The molecule has 0 spiro atoms. The van der Waals surface area contributed by atoms with Gasteiger partial charge in [-0.05, 0) is 44.6 Å². The van der Waals surface area contributed by atoms with Crippen LogP contribution in [0.5, 0.6) is 5.75 Å². The third-order valence-electron chi connectivity index (χ3n) is 3.68. The highest BCUT2D eigenvalue weighted by Gasteiger charge is 2.20. The highest BCUT2D eigenvalue weighted by Crippen LogP contribution is 2.25. The molecule has 0 amide bonds. The minimum atomic E-state index is 0.0597.